The quantitative estimate of drug-likeness (QED) is 0.463. The van der Waals surface area contributed by atoms with Gasteiger partial charge in [-0.1, -0.05) is 68.1 Å². The lowest BCUT2D eigenvalue weighted by molar-refractivity contribution is 0.440. The Balaban J connectivity index is 1.38. The molecule has 4 aliphatic rings. The Morgan fingerprint density at radius 2 is 1.67 bits per heavy atom. The molecule has 0 aromatic carbocycles. The van der Waals surface area contributed by atoms with E-state index in [0.717, 1.165) is 30.2 Å². The minimum Gasteiger partial charge on any atom is -0.0819 e. The molecule has 0 N–H and O–H groups in total. The predicted octanol–water partition coefficient (Wildman–Crippen LogP) is 5.34. The average molecular weight is 242 g/mol. The second kappa shape index (κ2) is 4.73. The molecule has 2 unspecified atom stereocenters. The second-order valence-corrected chi connectivity index (χ2v) is 7.60. The van der Waals surface area contributed by atoms with Gasteiger partial charge in [0.15, 0.2) is 0 Å². The molecule has 4 rings (SSSR count). The van der Waals surface area contributed by atoms with E-state index in [1.807, 2.05) is 5.57 Å². The number of hydrogen-bond donors (Lipinski definition) is 0. The molecule has 2 atom stereocenters. The van der Waals surface area contributed by atoms with Crippen molar-refractivity contribution in [3.8, 4) is 0 Å². The van der Waals surface area contributed by atoms with Crippen molar-refractivity contribution in [3.05, 3.63) is 11.6 Å². The summed E-state index contributed by atoms with van der Waals surface area (Å²) in [6.07, 6.45) is 19.6. The molecule has 0 aromatic heterocycles. The van der Waals surface area contributed by atoms with Gasteiger partial charge in [-0.2, -0.15) is 0 Å². The molecule has 2 heterocycles. The molecule has 0 radical (unpaired) electrons. The lowest BCUT2D eigenvalue weighted by atomic mass is 9.25. The van der Waals surface area contributed by atoms with Crippen molar-refractivity contribution >= 4 is 6.71 Å². The highest BCUT2D eigenvalue weighted by Gasteiger charge is 2.39. The van der Waals surface area contributed by atoms with Crippen LogP contribution in [-0.4, -0.2) is 6.71 Å². The third-order valence-electron chi connectivity index (χ3n) is 6.72. The zero-order valence-electron chi connectivity index (χ0n) is 11.7. The van der Waals surface area contributed by atoms with E-state index in [9.17, 15) is 0 Å². The van der Waals surface area contributed by atoms with Crippen molar-refractivity contribution < 1.29 is 0 Å². The van der Waals surface area contributed by atoms with Gasteiger partial charge in [-0.05, 0) is 37.5 Å². The predicted molar refractivity (Wildman–Crippen MR) is 79.3 cm³/mol. The van der Waals surface area contributed by atoms with Crippen molar-refractivity contribution in [1.29, 1.82) is 0 Å². The first-order chi connectivity index (χ1) is 8.90. The normalized spacial score (nSPS) is 42.2. The van der Waals surface area contributed by atoms with Crippen LogP contribution in [0.1, 0.15) is 64.2 Å². The first-order valence-corrected chi connectivity index (χ1v) is 8.61. The topological polar surface area (TPSA) is 0 Å². The molecule has 0 nitrogen and oxygen atoms in total. The van der Waals surface area contributed by atoms with E-state index in [0.29, 0.717) is 0 Å². The average Bonchev–Trinajstić information content (AvgIpc) is 2.97. The van der Waals surface area contributed by atoms with Crippen LogP contribution in [0.4, 0.5) is 0 Å². The van der Waals surface area contributed by atoms with Crippen LogP contribution in [0.2, 0.25) is 18.0 Å². The van der Waals surface area contributed by atoms with E-state index in [1.54, 1.807) is 44.8 Å². The number of fused-ring (bicyclic) bond motifs is 4. The van der Waals surface area contributed by atoms with Crippen LogP contribution in [0.5, 0.6) is 0 Å². The fourth-order valence-electron chi connectivity index (χ4n) is 5.85. The minimum absolute atomic E-state index is 0.996. The summed E-state index contributed by atoms with van der Waals surface area (Å²) in [7, 11) is 0. The van der Waals surface area contributed by atoms with Crippen LogP contribution in [-0.2, 0) is 0 Å². The molecule has 98 valence electrons. The molecule has 2 aliphatic heterocycles. The maximum absolute atomic E-state index is 2.67. The fraction of sp³-hybridized carbons (Fsp3) is 0.882. The van der Waals surface area contributed by atoms with E-state index in [2.05, 4.69) is 6.08 Å². The molecular weight excluding hydrogens is 215 g/mol. The summed E-state index contributed by atoms with van der Waals surface area (Å²) in [6.45, 7) is 1.12. The molecule has 1 heteroatoms. The monoisotopic (exact) mass is 242 g/mol. The van der Waals surface area contributed by atoms with Crippen LogP contribution in [0.15, 0.2) is 11.6 Å². The van der Waals surface area contributed by atoms with Crippen molar-refractivity contribution in [2.24, 2.45) is 11.8 Å². The van der Waals surface area contributed by atoms with Crippen LogP contribution in [0, 0.1) is 11.8 Å². The number of rotatable bonds is 3. The highest BCUT2D eigenvalue weighted by atomic mass is 14.4. The highest BCUT2D eigenvalue weighted by Crippen LogP contribution is 2.50. The van der Waals surface area contributed by atoms with Gasteiger partial charge in [-0.15, -0.1) is 0 Å². The largest absolute Gasteiger partial charge is 0.146 e. The van der Waals surface area contributed by atoms with Gasteiger partial charge in [0.2, 0.25) is 0 Å². The molecule has 0 spiro atoms. The van der Waals surface area contributed by atoms with Crippen molar-refractivity contribution in [3.63, 3.8) is 0 Å². The van der Waals surface area contributed by atoms with E-state index >= 15 is 0 Å². The molecule has 0 aromatic rings. The summed E-state index contributed by atoms with van der Waals surface area (Å²) < 4.78 is 0. The van der Waals surface area contributed by atoms with E-state index in [-0.39, 0.29) is 0 Å². The maximum Gasteiger partial charge on any atom is 0.146 e. The van der Waals surface area contributed by atoms with Crippen molar-refractivity contribution in [1.82, 2.24) is 0 Å². The van der Waals surface area contributed by atoms with Gasteiger partial charge in [-0.3, -0.25) is 0 Å². The Kier molecular flexibility index (Phi) is 3.05. The standard InChI is InChI=1S/C17H27B/c1-3-16-5-2-6-17(4-1)18(16)10-9-15-12-13-7-8-14(15)11-13/h12-14,16-17H,1-11H2. The molecule has 3 fully saturated rings. The van der Waals surface area contributed by atoms with E-state index in [1.165, 1.54) is 25.7 Å². The molecule has 1 saturated carbocycles. The highest BCUT2D eigenvalue weighted by molar-refractivity contribution is 6.62. The Bertz CT molecular complexity index is 324. The molecule has 2 aliphatic carbocycles. The SMILES string of the molecule is C1=C(CCB2C3CCCC2CCC3)C2CCC1C2. The summed E-state index contributed by atoms with van der Waals surface area (Å²) >= 11 is 0. The summed E-state index contributed by atoms with van der Waals surface area (Å²) in [5.74, 6) is 4.27. The first kappa shape index (κ1) is 11.6. The third kappa shape index (κ3) is 1.98. The Morgan fingerprint density at radius 3 is 2.22 bits per heavy atom. The Morgan fingerprint density at radius 1 is 0.944 bits per heavy atom. The van der Waals surface area contributed by atoms with Crippen LogP contribution >= 0.6 is 0 Å². The molecule has 2 saturated heterocycles. The van der Waals surface area contributed by atoms with E-state index in [4.69, 9.17) is 0 Å². The lowest BCUT2D eigenvalue weighted by Gasteiger charge is -2.41. The summed E-state index contributed by atoms with van der Waals surface area (Å²) in [6, 6.07) is 0. The van der Waals surface area contributed by atoms with Gasteiger partial charge in [0.25, 0.3) is 0 Å². The van der Waals surface area contributed by atoms with E-state index < -0.39 is 0 Å². The zero-order chi connectivity index (χ0) is 11.9. The number of allylic oxidation sites excluding steroid dienone is 2. The summed E-state index contributed by atoms with van der Waals surface area (Å²) in [4.78, 5) is 0. The van der Waals surface area contributed by atoms with Crippen LogP contribution in [0.3, 0.4) is 0 Å². The van der Waals surface area contributed by atoms with Gasteiger partial charge in [0.05, 0.1) is 0 Å². The molecule has 0 amide bonds. The molecule has 4 bridgehead atoms. The van der Waals surface area contributed by atoms with Crippen LogP contribution in [0.25, 0.3) is 0 Å². The molecule has 18 heavy (non-hydrogen) atoms. The molecular formula is C17H27B. The summed E-state index contributed by atoms with van der Waals surface area (Å²) in [5, 5.41) is 0. The van der Waals surface area contributed by atoms with Gasteiger partial charge in [0, 0.05) is 0 Å². The van der Waals surface area contributed by atoms with Gasteiger partial charge >= 0.3 is 0 Å². The zero-order valence-corrected chi connectivity index (χ0v) is 11.7. The Hall–Kier alpha value is -0.195. The lowest BCUT2D eigenvalue weighted by Crippen LogP contribution is -2.34. The van der Waals surface area contributed by atoms with Crippen molar-refractivity contribution in [2.45, 2.75) is 82.2 Å². The van der Waals surface area contributed by atoms with Gasteiger partial charge in [0.1, 0.15) is 6.71 Å². The third-order valence-corrected chi connectivity index (χ3v) is 6.72. The smallest absolute Gasteiger partial charge is 0.0819 e. The fourth-order valence-corrected chi connectivity index (χ4v) is 5.85. The second-order valence-electron chi connectivity index (χ2n) is 7.60. The maximum atomic E-state index is 2.67. The minimum atomic E-state index is 0.996. The number of hydrogen-bond acceptors (Lipinski definition) is 0. The first-order valence-electron chi connectivity index (χ1n) is 8.61. The van der Waals surface area contributed by atoms with Gasteiger partial charge < -0.3 is 0 Å². The van der Waals surface area contributed by atoms with Crippen molar-refractivity contribution in [2.75, 3.05) is 0 Å². The van der Waals surface area contributed by atoms with Crippen LogP contribution < -0.4 is 0 Å². The Labute approximate surface area is 113 Å². The summed E-state index contributed by atoms with van der Waals surface area (Å²) in [5.41, 5.74) is 1.88. The van der Waals surface area contributed by atoms with Gasteiger partial charge in [-0.25, -0.2) is 0 Å².